The van der Waals surface area contributed by atoms with Gasteiger partial charge in [0.2, 0.25) is 0 Å². The summed E-state index contributed by atoms with van der Waals surface area (Å²) in [6.07, 6.45) is 1.83. The number of nitrogens with zero attached hydrogens (tertiary/aromatic N) is 2. The molecule has 0 spiro atoms. The van der Waals surface area contributed by atoms with Crippen LogP contribution in [-0.4, -0.2) is 44.4 Å². The van der Waals surface area contributed by atoms with Crippen molar-refractivity contribution in [3.63, 3.8) is 0 Å². The molecule has 0 radical (unpaired) electrons. The van der Waals surface area contributed by atoms with E-state index in [1.807, 2.05) is 24.0 Å². The maximum absolute atomic E-state index is 13.1. The lowest BCUT2D eigenvalue weighted by Crippen LogP contribution is -2.31. The second kappa shape index (κ2) is 7.80. The van der Waals surface area contributed by atoms with E-state index in [-0.39, 0.29) is 16.8 Å². The molecule has 0 aromatic heterocycles. The summed E-state index contributed by atoms with van der Waals surface area (Å²) in [6.45, 7) is 2.69. The lowest BCUT2D eigenvalue weighted by Gasteiger charge is -2.25. The Morgan fingerprint density at radius 3 is 2.56 bits per heavy atom. The fourth-order valence-corrected chi connectivity index (χ4v) is 4.37. The fraction of sp³-hybridized carbons (Fsp3) is 0.350. The molecule has 7 heteroatoms. The van der Waals surface area contributed by atoms with Crippen LogP contribution in [0.3, 0.4) is 0 Å². The van der Waals surface area contributed by atoms with E-state index in [0.29, 0.717) is 12.1 Å². The molecule has 0 N–H and O–H groups in total. The predicted molar refractivity (Wildman–Crippen MR) is 103 cm³/mol. The van der Waals surface area contributed by atoms with Gasteiger partial charge in [0.25, 0.3) is 15.9 Å². The first-order chi connectivity index (χ1) is 12.8. The van der Waals surface area contributed by atoms with E-state index in [9.17, 15) is 13.2 Å². The second-order valence-electron chi connectivity index (χ2n) is 6.69. The van der Waals surface area contributed by atoms with Gasteiger partial charge in [0.1, 0.15) is 0 Å². The Bertz CT molecular complexity index is 925. The van der Waals surface area contributed by atoms with Gasteiger partial charge in [-0.1, -0.05) is 40.4 Å². The van der Waals surface area contributed by atoms with Gasteiger partial charge in [-0.05, 0) is 43.5 Å². The highest BCUT2D eigenvalue weighted by atomic mass is 32.2. The van der Waals surface area contributed by atoms with Crippen LogP contribution in [-0.2, 0) is 14.9 Å². The van der Waals surface area contributed by atoms with E-state index in [1.54, 1.807) is 12.1 Å². The molecule has 6 nitrogen and oxygen atoms in total. The third-order valence-corrected chi connectivity index (χ3v) is 6.63. The molecule has 144 valence electrons. The van der Waals surface area contributed by atoms with E-state index in [2.05, 4.69) is 12.1 Å². The molecule has 2 aromatic carbocycles. The van der Waals surface area contributed by atoms with Gasteiger partial charge < -0.3 is 4.90 Å². The summed E-state index contributed by atoms with van der Waals surface area (Å²) < 4.78 is 25.7. The number of amides is 1. The van der Waals surface area contributed by atoms with Crippen LogP contribution < -0.4 is 0 Å². The van der Waals surface area contributed by atoms with E-state index in [0.717, 1.165) is 22.9 Å². The number of aryl methyl sites for hydroxylation is 1. The van der Waals surface area contributed by atoms with Gasteiger partial charge in [-0.3, -0.25) is 9.63 Å². The molecular weight excluding hydrogens is 364 g/mol. The van der Waals surface area contributed by atoms with Crippen LogP contribution in [0.2, 0.25) is 0 Å². The van der Waals surface area contributed by atoms with Gasteiger partial charge in [-0.2, -0.15) is 0 Å². The van der Waals surface area contributed by atoms with Crippen molar-refractivity contribution in [2.24, 2.45) is 0 Å². The van der Waals surface area contributed by atoms with Crippen molar-refractivity contribution in [3.05, 3.63) is 65.2 Å². The van der Waals surface area contributed by atoms with E-state index < -0.39 is 10.0 Å². The Morgan fingerprint density at radius 2 is 1.89 bits per heavy atom. The fourth-order valence-electron chi connectivity index (χ4n) is 3.35. The van der Waals surface area contributed by atoms with Crippen LogP contribution in [0, 0.1) is 6.92 Å². The molecule has 1 aliphatic rings. The van der Waals surface area contributed by atoms with Crippen molar-refractivity contribution < 1.29 is 18.0 Å². The number of hydrogen-bond donors (Lipinski definition) is 0. The van der Waals surface area contributed by atoms with Gasteiger partial charge in [0.15, 0.2) is 0 Å². The zero-order chi connectivity index (χ0) is 19.6. The summed E-state index contributed by atoms with van der Waals surface area (Å²) in [5.74, 6) is -0.157. The summed E-state index contributed by atoms with van der Waals surface area (Å²) in [5.41, 5.74) is 2.64. The quantitative estimate of drug-likeness (QED) is 0.738. The molecule has 1 fully saturated rings. The molecule has 1 heterocycles. The maximum Gasteiger partial charge on any atom is 0.264 e. The van der Waals surface area contributed by atoms with Gasteiger partial charge in [-0.15, -0.1) is 0 Å². The Morgan fingerprint density at radius 1 is 1.19 bits per heavy atom. The van der Waals surface area contributed by atoms with Gasteiger partial charge in [0, 0.05) is 19.2 Å². The molecule has 27 heavy (non-hydrogen) atoms. The molecule has 1 unspecified atom stereocenters. The first kappa shape index (κ1) is 19.5. The number of carbonyl (C=O) groups is 1. The first-order valence-corrected chi connectivity index (χ1v) is 10.3. The summed E-state index contributed by atoms with van der Waals surface area (Å²) in [7, 11) is -1.20. The van der Waals surface area contributed by atoms with Crippen molar-refractivity contribution in [1.29, 1.82) is 0 Å². The minimum absolute atomic E-state index is 0.0139. The molecule has 1 amide bonds. The smallest absolute Gasteiger partial charge is 0.264 e. The normalized spacial score (nSPS) is 17.5. The van der Waals surface area contributed by atoms with Crippen molar-refractivity contribution in [2.75, 3.05) is 20.7 Å². The van der Waals surface area contributed by atoms with Crippen LogP contribution >= 0.6 is 0 Å². The number of rotatable bonds is 5. The largest absolute Gasteiger partial charge is 0.332 e. The number of hydrogen-bond acceptors (Lipinski definition) is 4. The first-order valence-electron chi connectivity index (χ1n) is 8.85. The number of benzene rings is 2. The third kappa shape index (κ3) is 3.90. The van der Waals surface area contributed by atoms with Crippen LogP contribution in [0.15, 0.2) is 53.4 Å². The number of hydroxylamine groups is 1. The van der Waals surface area contributed by atoms with Crippen molar-refractivity contribution >= 4 is 15.9 Å². The Balaban J connectivity index is 1.89. The topological polar surface area (TPSA) is 66.9 Å². The Hall–Kier alpha value is -2.22. The Kier molecular flexibility index (Phi) is 5.64. The summed E-state index contributed by atoms with van der Waals surface area (Å²) >= 11 is 0. The van der Waals surface area contributed by atoms with Gasteiger partial charge in [0.05, 0.1) is 18.0 Å². The average Bonchev–Trinajstić information content (AvgIpc) is 3.17. The highest BCUT2D eigenvalue weighted by molar-refractivity contribution is 7.89. The molecule has 0 aliphatic carbocycles. The molecule has 2 aromatic rings. The van der Waals surface area contributed by atoms with Crippen LogP contribution in [0.5, 0.6) is 0 Å². The van der Waals surface area contributed by atoms with Gasteiger partial charge in [-0.25, -0.2) is 8.42 Å². The zero-order valence-corrected chi connectivity index (χ0v) is 16.6. The van der Waals surface area contributed by atoms with Crippen LogP contribution in [0.25, 0.3) is 0 Å². The molecular formula is C20H24N2O4S. The third-order valence-electron chi connectivity index (χ3n) is 4.95. The van der Waals surface area contributed by atoms with E-state index in [4.69, 9.17) is 4.84 Å². The summed E-state index contributed by atoms with van der Waals surface area (Å²) in [6, 6.07) is 14.3. The van der Waals surface area contributed by atoms with Crippen molar-refractivity contribution in [3.8, 4) is 0 Å². The summed E-state index contributed by atoms with van der Waals surface area (Å²) in [4.78, 5) is 19.8. The SMILES string of the molecule is CON(C)S(=O)(=O)c1cccc(C(=O)N2CCCC2c2ccc(C)cc2)c1. The second-order valence-corrected chi connectivity index (χ2v) is 8.63. The predicted octanol–water partition coefficient (Wildman–Crippen LogP) is 3.15. The Labute approximate surface area is 160 Å². The minimum Gasteiger partial charge on any atom is -0.332 e. The number of sulfonamides is 1. The standard InChI is InChI=1S/C20H24N2O4S/c1-15-9-11-16(12-10-15)19-8-5-13-22(19)20(23)17-6-4-7-18(14-17)27(24,25)21(2)26-3/h4,6-7,9-12,14,19H,5,8,13H2,1-3H3. The highest BCUT2D eigenvalue weighted by Crippen LogP contribution is 2.33. The van der Waals surface area contributed by atoms with E-state index >= 15 is 0 Å². The van der Waals surface area contributed by atoms with Gasteiger partial charge >= 0.3 is 0 Å². The van der Waals surface area contributed by atoms with Crippen LogP contribution in [0.4, 0.5) is 0 Å². The number of carbonyl (C=O) groups excluding carboxylic acids is 1. The molecule has 1 saturated heterocycles. The monoisotopic (exact) mass is 388 g/mol. The minimum atomic E-state index is -3.80. The zero-order valence-electron chi connectivity index (χ0n) is 15.8. The highest BCUT2D eigenvalue weighted by Gasteiger charge is 2.31. The molecule has 0 saturated carbocycles. The lowest BCUT2D eigenvalue weighted by atomic mass is 10.0. The average molecular weight is 388 g/mol. The molecule has 3 rings (SSSR count). The number of likely N-dealkylation sites (tertiary alicyclic amines) is 1. The maximum atomic E-state index is 13.1. The molecule has 1 aliphatic heterocycles. The lowest BCUT2D eigenvalue weighted by molar-refractivity contribution is -0.0258. The van der Waals surface area contributed by atoms with E-state index in [1.165, 1.54) is 31.9 Å². The molecule has 0 bridgehead atoms. The van der Waals surface area contributed by atoms with Crippen LogP contribution in [0.1, 0.15) is 40.4 Å². The van der Waals surface area contributed by atoms with Crippen molar-refractivity contribution in [1.82, 2.24) is 9.37 Å². The summed E-state index contributed by atoms with van der Waals surface area (Å²) in [5, 5.41) is 0. The van der Waals surface area contributed by atoms with Crippen molar-refractivity contribution in [2.45, 2.75) is 30.7 Å². The molecule has 1 atom stereocenters.